The first-order valence-electron chi connectivity index (χ1n) is 6.20. The maximum absolute atomic E-state index is 12.7. The third-order valence-corrected chi connectivity index (χ3v) is 2.76. The standard InChI is InChI=1S/C15H14FNO3/c16-13-4-1-12(2-5-13)3-6-14(18)11-15(19)17-7-9-20-10-8-17/h1-2,4-5,11,18H,7-10H2/b14-11-. The lowest BCUT2D eigenvalue weighted by atomic mass is 10.2. The molecule has 104 valence electrons. The van der Waals surface area contributed by atoms with Crippen LogP contribution in [0.3, 0.4) is 0 Å². The number of halogens is 1. The average Bonchev–Trinajstić information content (AvgIpc) is 2.47. The number of nitrogens with zero attached hydrogens (tertiary/aromatic N) is 1. The second-order valence-corrected chi connectivity index (χ2v) is 4.22. The minimum Gasteiger partial charge on any atom is -0.501 e. The minimum atomic E-state index is -0.349. The van der Waals surface area contributed by atoms with Crippen molar-refractivity contribution in [2.45, 2.75) is 0 Å². The number of rotatable bonds is 1. The molecule has 1 heterocycles. The average molecular weight is 275 g/mol. The van der Waals surface area contributed by atoms with E-state index in [9.17, 15) is 14.3 Å². The number of amides is 1. The molecule has 4 nitrogen and oxygen atoms in total. The predicted molar refractivity (Wildman–Crippen MR) is 71.4 cm³/mol. The van der Waals surface area contributed by atoms with Gasteiger partial charge in [0.2, 0.25) is 0 Å². The number of morpholine rings is 1. The second kappa shape index (κ2) is 6.73. The minimum absolute atomic E-state index is 0.292. The summed E-state index contributed by atoms with van der Waals surface area (Å²) in [5.74, 6) is 4.15. The Hall–Kier alpha value is -2.32. The molecule has 0 saturated carbocycles. The summed E-state index contributed by atoms with van der Waals surface area (Å²) < 4.78 is 17.8. The van der Waals surface area contributed by atoms with Gasteiger partial charge in [0.1, 0.15) is 5.82 Å². The van der Waals surface area contributed by atoms with Gasteiger partial charge in [-0.05, 0) is 30.2 Å². The van der Waals surface area contributed by atoms with Gasteiger partial charge in [-0.25, -0.2) is 4.39 Å². The fourth-order valence-corrected chi connectivity index (χ4v) is 1.70. The Morgan fingerprint density at radius 1 is 1.30 bits per heavy atom. The van der Waals surface area contributed by atoms with Gasteiger partial charge in [0.25, 0.3) is 5.91 Å². The lowest BCUT2D eigenvalue weighted by Gasteiger charge is -2.25. The number of benzene rings is 1. The van der Waals surface area contributed by atoms with Crippen molar-refractivity contribution >= 4 is 5.91 Å². The zero-order valence-corrected chi connectivity index (χ0v) is 10.8. The molecule has 0 radical (unpaired) electrons. The number of aliphatic hydroxyl groups excluding tert-OH is 1. The molecular weight excluding hydrogens is 261 g/mol. The van der Waals surface area contributed by atoms with Crippen molar-refractivity contribution in [2.75, 3.05) is 26.3 Å². The van der Waals surface area contributed by atoms with Gasteiger partial charge in [-0.15, -0.1) is 0 Å². The molecule has 1 saturated heterocycles. The fraction of sp³-hybridized carbons (Fsp3) is 0.267. The van der Waals surface area contributed by atoms with Crippen LogP contribution in [0.15, 0.2) is 36.1 Å². The van der Waals surface area contributed by atoms with Gasteiger partial charge in [0.15, 0.2) is 5.76 Å². The van der Waals surface area contributed by atoms with Crippen molar-refractivity contribution in [2.24, 2.45) is 0 Å². The van der Waals surface area contributed by atoms with E-state index >= 15 is 0 Å². The third kappa shape index (κ3) is 4.11. The Morgan fingerprint density at radius 2 is 1.95 bits per heavy atom. The lowest BCUT2D eigenvalue weighted by Crippen LogP contribution is -2.39. The number of ether oxygens (including phenoxy) is 1. The number of carbonyl (C=O) groups is 1. The van der Waals surface area contributed by atoms with Crippen molar-refractivity contribution < 1.29 is 19.0 Å². The number of hydrogen-bond donors (Lipinski definition) is 1. The van der Waals surface area contributed by atoms with Crippen molar-refractivity contribution in [3.8, 4) is 11.8 Å². The van der Waals surface area contributed by atoms with Crippen LogP contribution in [0, 0.1) is 17.7 Å². The Labute approximate surface area is 116 Å². The molecule has 1 aromatic rings. The van der Waals surface area contributed by atoms with E-state index in [4.69, 9.17) is 4.74 Å². The van der Waals surface area contributed by atoms with E-state index in [2.05, 4.69) is 11.8 Å². The molecule has 1 aliphatic rings. The molecule has 1 amide bonds. The number of carbonyl (C=O) groups excluding carboxylic acids is 1. The van der Waals surface area contributed by atoms with Gasteiger partial charge in [-0.3, -0.25) is 4.79 Å². The highest BCUT2D eigenvalue weighted by atomic mass is 19.1. The van der Waals surface area contributed by atoms with Gasteiger partial charge in [-0.1, -0.05) is 5.92 Å². The Morgan fingerprint density at radius 3 is 2.60 bits per heavy atom. The van der Waals surface area contributed by atoms with Crippen LogP contribution in [-0.2, 0) is 9.53 Å². The Bertz CT molecular complexity index is 563. The first kappa shape index (κ1) is 14.1. The second-order valence-electron chi connectivity index (χ2n) is 4.22. The molecule has 5 heteroatoms. The lowest BCUT2D eigenvalue weighted by molar-refractivity contribution is -0.130. The molecule has 1 aromatic carbocycles. The molecule has 0 spiro atoms. The number of allylic oxidation sites excluding steroid dienone is 1. The summed E-state index contributed by atoms with van der Waals surface area (Å²) in [6, 6.07) is 5.56. The van der Waals surface area contributed by atoms with Crippen LogP contribution in [0.25, 0.3) is 0 Å². The zero-order chi connectivity index (χ0) is 14.4. The molecule has 0 aromatic heterocycles. The summed E-state index contributed by atoms with van der Waals surface area (Å²) in [7, 11) is 0. The van der Waals surface area contributed by atoms with E-state index < -0.39 is 0 Å². The van der Waals surface area contributed by atoms with Crippen LogP contribution >= 0.6 is 0 Å². The van der Waals surface area contributed by atoms with Gasteiger partial charge in [0.05, 0.1) is 19.3 Å². The van der Waals surface area contributed by atoms with E-state index in [1.165, 1.54) is 24.3 Å². The van der Waals surface area contributed by atoms with E-state index in [-0.39, 0.29) is 17.5 Å². The van der Waals surface area contributed by atoms with Gasteiger partial charge >= 0.3 is 0 Å². The van der Waals surface area contributed by atoms with Crippen molar-refractivity contribution in [1.29, 1.82) is 0 Å². The molecular formula is C15H14FNO3. The van der Waals surface area contributed by atoms with Crippen LogP contribution in [0.2, 0.25) is 0 Å². The molecule has 2 rings (SSSR count). The van der Waals surface area contributed by atoms with E-state index in [1.807, 2.05) is 0 Å². The molecule has 1 fully saturated rings. The van der Waals surface area contributed by atoms with E-state index in [1.54, 1.807) is 4.90 Å². The highest BCUT2D eigenvalue weighted by Crippen LogP contribution is 2.02. The monoisotopic (exact) mass is 275 g/mol. The van der Waals surface area contributed by atoms with Gasteiger partial charge in [-0.2, -0.15) is 0 Å². The summed E-state index contributed by atoms with van der Waals surface area (Å²) in [6.45, 7) is 2.02. The summed E-state index contributed by atoms with van der Waals surface area (Å²) in [4.78, 5) is 13.4. The van der Waals surface area contributed by atoms with Crippen molar-refractivity contribution in [3.05, 3.63) is 47.5 Å². The van der Waals surface area contributed by atoms with Crippen LogP contribution in [-0.4, -0.2) is 42.2 Å². The van der Waals surface area contributed by atoms with Crippen LogP contribution in [0.4, 0.5) is 4.39 Å². The smallest absolute Gasteiger partial charge is 0.251 e. The molecule has 0 bridgehead atoms. The summed E-state index contributed by atoms with van der Waals surface area (Å²) in [6.07, 6.45) is 1.09. The summed E-state index contributed by atoms with van der Waals surface area (Å²) in [5.41, 5.74) is 0.560. The quantitative estimate of drug-likeness (QED) is 0.480. The normalized spacial score (nSPS) is 15.4. The van der Waals surface area contributed by atoms with Crippen LogP contribution < -0.4 is 0 Å². The molecule has 1 N–H and O–H groups in total. The van der Waals surface area contributed by atoms with Gasteiger partial charge < -0.3 is 14.7 Å². The van der Waals surface area contributed by atoms with Crippen LogP contribution in [0.5, 0.6) is 0 Å². The Balaban J connectivity index is 2.00. The SMILES string of the molecule is O=C(/C=C(\O)C#Cc1ccc(F)cc1)N1CCOCC1. The fourth-order valence-electron chi connectivity index (χ4n) is 1.70. The zero-order valence-electron chi connectivity index (χ0n) is 10.8. The largest absolute Gasteiger partial charge is 0.501 e. The third-order valence-electron chi connectivity index (χ3n) is 2.76. The molecule has 1 aliphatic heterocycles. The topological polar surface area (TPSA) is 49.8 Å². The van der Waals surface area contributed by atoms with Crippen LogP contribution in [0.1, 0.15) is 5.56 Å². The number of hydrogen-bond acceptors (Lipinski definition) is 3. The highest BCUT2D eigenvalue weighted by molar-refractivity contribution is 5.88. The maximum atomic E-state index is 12.7. The predicted octanol–water partition coefficient (Wildman–Crippen LogP) is 1.48. The maximum Gasteiger partial charge on any atom is 0.251 e. The first-order valence-corrected chi connectivity index (χ1v) is 6.20. The summed E-state index contributed by atoms with van der Waals surface area (Å²) in [5, 5.41) is 9.60. The highest BCUT2D eigenvalue weighted by Gasteiger charge is 2.14. The molecule has 0 unspecified atom stereocenters. The molecule has 0 aliphatic carbocycles. The molecule has 0 atom stereocenters. The molecule has 20 heavy (non-hydrogen) atoms. The summed E-state index contributed by atoms with van der Waals surface area (Å²) >= 11 is 0. The van der Waals surface area contributed by atoms with Gasteiger partial charge in [0, 0.05) is 18.7 Å². The first-order chi connectivity index (χ1) is 9.65. The van der Waals surface area contributed by atoms with Crippen molar-refractivity contribution in [3.63, 3.8) is 0 Å². The van der Waals surface area contributed by atoms with E-state index in [0.29, 0.717) is 31.9 Å². The number of aliphatic hydroxyl groups is 1. The Kier molecular flexibility index (Phi) is 4.75. The van der Waals surface area contributed by atoms with Crippen molar-refractivity contribution in [1.82, 2.24) is 4.90 Å². The van der Waals surface area contributed by atoms with E-state index in [0.717, 1.165) is 6.08 Å².